The predicted molar refractivity (Wildman–Crippen MR) is 132 cm³/mol. The Morgan fingerprint density at radius 3 is 2.41 bits per heavy atom. The number of amides is 1. The van der Waals surface area contributed by atoms with Gasteiger partial charge in [0.05, 0.1) is 0 Å². The van der Waals surface area contributed by atoms with E-state index in [0.29, 0.717) is 12.5 Å². The lowest BCUT2D eigenvalue weighted by molar-refractivity contribution is -0.139. The van der Waals surface area contributed by atoms with Crippen molar-refractivity contribution in [1.29, 1.82) is 0 Å². The maximum absolute atomic E-state index is 12.4. The molecule has 1 saturated carbocycles. The molecule has 1 aliphatic carbocycles. The number of aliphatic imine (C=N–C) groups is 1. The largest absolute Gasteiger partial charge is 0.435 e. The third-order valence-electron chi connectivity index (χ3n) is 5.99. The van der Waals surface area contributed by atoms with Gasteiger partial charge in [0.15, 0.2) is 5.96 Å². The number of benzene rings is 1. The van der Waals surface area contributed by atoms with Gasteiger partial charge in [0, 0.05) is 65.8 Å². The van der Waals surface area contributed by atoms with Crippen LogP contribution in [0.3, 0.4) is 0 Å². The summed E-state index contributed by atoms with van der Waals surface area (Å²) in [7, 11) is 3.67. The molecule has 1 aliphatic heterocycles. The molecule has 7 nitrogen and oxygen atoms in total. The Kier molecular flexibility index (Phi) is 10.9. The number of nitrogens with zero attached hydrogens (tertiary/aromatic N) is 4. The highest BCUT2D eigenvalue weighted by Gasteiger charge is 2.31. The number of carbonyl (C=O) groups excluding carboxylic acids is 1. The predicted octanol–water partition coefficient (Wildman–Crippen LogP) is 2.86. The van der Waals surface area contributed by atoms with E-state index in [2.05, 4.69) is 19.9 Å². The molecule has 1 aromatic carbocycles. The Balaban J connectivity index is 0.00000363. The monoisotopic (exact) mass is 565 g/mol. The molecule has 0 spiro atoms. The number of piperazine rings is 1. The number of carbonyl (C=O) groups is 1. The minimum atomic E-state index is -2.82. The van der Waals surface area contributed by atoms with Crippen molar-refractivity contribution in [2.75, 3.05) is 53.4 Å². The zero-order chi connectivity index (χ0) is 22.2. The van der Waals surface area contributed by atoms with Crippen LogP contribution >= 0.6 is 24.0 Å². The second-order valence-corrected chi connectivity index (χ2v) is 8.15. The normalized spacial score (nSPS) is 17.5. The van der Waals surface area contributed by atoms with Crippen molar-refractivity contribution in [3.05, 3.63) is 29.8 Å². The van der Waals surface area contributed by atoms with Gasteiger partial charge in [0.1, 0.15) is 5.75 Å². The van der Waals surface area contributed by atoms with Crippen LogP contribution < -0.4 is 10.1 Å². The fourth-order valence-electron chi connectivity index (χ4n) is 3.94. The molecule has 1 heterocycles. The molecule has 3 rings (SSSR count). The molecule has 1 saturated heterocycles. The molecule has 0 aromatic heterocycles. The maximum atomic E-state index is 12.4. The zero-order valence-electron chi connectivity index (χ0n) is 18.8. The summed E-state index contributed by atoms with van der Waals surface area (Å²) in [6.07, 6.45) is 3.31. The lowest BCUT2D eigenvalue weighted by Crippen LogP contribution is -2.52. The summed E-state index contributed by atoms with van der Waals surface area (Å²) in [5.74, 6) is 1.55. The van der Waals surface area contributed by atoms with Gasteiger partial charge in [-0.15, -0.1) is 24.0 Å². The van der Waals surface area contributed by atoms with Gasteiger partial charge in [-0.05, 0) is 30.5 Å². The first-order valence-electron chi connectivity index (χ1n) is 10.9. The molecule has 180 valence electrons. The van der Waals surface area contributed by atoms with E-state index in [9.17, 15) is 13.6 Å². The molecule has 0 bridgehead atoms. The molecule has 1 N–H and O–H groups in total. The molecular formula is C22H34F2IN5O2. The van der Waals surface area contributed by atoms with Crippen molar-refractivity contribution in [3.63, 3.8) is 0 Å². The van der Waals surface area contributed by atoms with Crippen LogP contribution in [0.4, 0.5) is 8.78 Å². The van der Waals surface area contributed by atoms with Crippen LogP contribution in [0.25, 0.3) is 0 Å². The summed E-state index contributed by atoms with van der Waals surface area (Å²) in [6, 6.07) is 6.62. The summed E-state index contributed by atoms with van der Waals surface area (Å²) in [4.78, 5) is 23.1. The summed E-state index contributed by atoms with van der Waals surface area (Å²) in [5.41, 5.74) is 0.972. The van der Waals surface area contributed by atoms with E-state index in [1.54, 1.807) is 31.3 Å². The van der Waals surface area contributed by atoms with Crippen LogP contribution in [0, 0.1) is 5.92 Å². The molecule has 0 radical (unpaired) electrons. The van der Waals surface area contributed by atoms with E-state index in [1.165, 1.54) is 6.42 Å². The summed E-state index contributed by atoms with van der Waals surface area (Å²) < 4.78 is 28.9. The van der Waals surface area contributed by atoms with Crippen LogP contribution in [-0.4, -0.2) is 86.5 Å². The molecule has 0 unspecified atom stereocenters. The van der Waals surface area contributed by atoms with Crippen molar-refractivity contribution in [2.24, 2.45) is 10.9 Å². The standard InChI is InChI=1S/C22H33F2N5O2.HI/c1-25-22(27(2)16-17-6-8-19(9-7-17)31-21(23)24)26-10-11-28-12-14-29(15-13-28)20(30)18-4-3-5-18;/h6-9,18,21H,3-5,10-16H2,1-2H3,(H,25,26);1H. The van der Waals surface area contributed by atoms with Gasteiger partial charge in [-0.3, -0.25) is 14.7 Å². The second kappa shape index (κ2) is 13.1. The number of guanidine groups is 1. The number of rotatable bonds is 8. The smallest absolute Gasteiger partial charge is 0.387 e. The number of hydrogen-bond donors (Lipinski definition) is 1. The summed E-state index contributed by atoms with van der Waals surface area (Å²) in [6.45, 7) is 2.86. The van der Waals surface area contributed by atoms with Crippen molar-refractivity contribution >= 4 is 35.8 Å². The first kappa shape index (κ1) is 26.6. The first-order chi connectivity index (χ1) is 15.0. The van der Waals surface area contributed by atoms with E-state index in [4.69, 9.17) is 0 Å². The Labute approximate surface area is 206 Å². The van der Waals surface area contributed by atoms with Crippen LogP contribution in [0.15, 0.2) is 29.3 Å². The third-order valence-corrected chi connectivity index (χ3v) is 5.99. The van der Waals surface area contributed by atoms with Gasteiger partial charge in [-0.2, -0.15) is 8.78 Å². The number of halogens is 3. The molecule has 2 fully saturated rings. The van der Waals surface area contributed by atoms with E-state index >= 15 is 0 Å². The zero-order valence-corrected chi connectivity index (χ0v) is 21.1. The minimum absolute atomic E-state index is 0. The van der Waals surface area contributed by atoms with Crippen LogP contribution in [0.5, 0.6) is 5.75 Å². The lowest BCUT2D eigenvalue weighted by atomic mass is 9.84. The van der Waals surface area contributed by atoms with Crippen molar-refractivity contribution in [3.8, 4) is 5.75 Å². The van der Waals surface area contributed by atoms with Gasteiger partial charge < -0.3 is 19.9 Å². The average molecular weight is 565 g/mol. The van der Waals surface area contributed by atoms with Gasteiger partial charge in [0.25, 0.3) is 0 Å². The van der Waals surface area contributed by atoms with Gasteiger partial charge in [-0.1, -0.05) is 18.6 Å². The van der Waals surface area contributed by atoms with E-state index in [1.807, 2.05) is 16.8 Å². The molecule has 0 atom stereocenters. The Morgan fingerprint density at radius 1 is 1.22 bits per heavy atom. The highest BCUT2D eigenvalue weighted by atomic mass is 127. The van der Waals surface area contributed by atoms with Crippen molar-refractivity contribution in [2.45, 2.75) is 32.4 Å². The van der Waals surface area contributed by atoms with E-state index < -0.39 is 6.61 Å². The number of alkyl halides is 2. The molecule has 32 heavy (non-hydrogen) atoms. The fourth-order valence-corrected chi connectivity index (χ4v) is 3.94. The highest BCUT2D eigenvalue weighted by Crippen LogP contribution is 2.28. The summed E-state index contributed by atoms with van der Waals surface area (Å²) in [5, 5.41) is 3.37. The number of nitrogens with one attached hydrogen (secondary N) is 1. The van der Waals surface area contributed by atoms with Gasteiger partial charge in [0.2, 0.25) is 5.91 Å². The molecular weight excluding hydrogens is 531 g/mol. The molecule has 10 heteroatoms. The fraction of sp³-hybridized carbons (Fsp3) is 0.636. The third kappa shape index (κ3) is 7.72. The van der Waals surface area contributed by atoms with Crippen LogP contribution in [0.1, 0.15) is 24.8 Å². The highest BCUT2D eigenvalue weighted by molar-refractivity contribution is 14.0. The molecule has 2 aliphatic rings. The minimum Gasteiger partial charge on any atom is -0.435 e. The molecule has 1 aromatic rings. The quantitative estimate of drug-likeness (QED) is 0.299. The Hall–Kier alpha value is -1.69. The Morgan fingerprint density at radius 2 is 1.88 bits per heavy atom. The maximum Gasteiger partial charge on any atom is 0.387 e. The lowest BCUT2D eigenvalue weighted by Gasteiger charge is -2.38. The topological polar surface area (TPSA) is 60.4 Å². The van der Waals surface area contributed by atoms with Crippen molar-refractivity contribution < 1.29 is 18.3 Å². The number of ether oxygens (including phenoxy) is 1. The van der Waals surface area contributed by atoms with Crippen molar-refractivity contribution in [1.82, 2.24) is 20.0 Å². The Bertz CT molecular complexity index is 738. The summed E-state index contributed by atoms with van der Waals surface area (Å²) >= 11 is 0. The number of hydrogen-bond acceptors (Lipinski definition) is 4. The molecule has 1 amide bonds. The van der Waals surface area contributed by atoms with Gasteiger partial charge in [-0.25, -0.2) is 0 Å². The van der Waals surface area contributed by atoms with E-state index in [-0.39, 0.29) is 35.6 Å². The van der Waals surface area contributed by atoms with Crippen LogP contribution in [0.2, 0.25) is 0 Å². The first-order valence-corrected chi connectivity index (χ1v) is 10.9. The average Bonchev–Trinajstić information content (AvgIpc) is 2.71. The van der Waals surface area contributed by atoms with E-state index in [0.717, 1.165) is 63.6 Å². The SMILES string of the molecule is CN=C(NCCN1CCN(C(=O)C2CCC2)CC1)N(C)Cc1ccc(OC(F)F)cc1.I. The van der Waals surface area contributed by atoms with Crippen LogP contribution in [-0.2, 0) is 11.3 Å². The van der Waals surface area contributed by atoms with Gasteiger partial charge >= 0.3 is 6.61 Å². The second-order valence-electron chi connectivity index (χ2n) is 8.15.